The summed E-state index contributed by atoms with van der Waals surface area (Å²) in [7, 11) is 3.42. The van der Waals surface area contributed by atoms with Gasteiger partial charge in [0.1, 0.15) is 12.1 Å². The van der Waals surface area contributed by atoms with Gasteiger partial charge in [0, 0.05) is 45.7 Å². The molecule has 2 aromatic carbocycles. The van der Waals surface area contributed by atoms with Crippen LogP contribution in [0.1, 0.15) is 91.3 Å². The molecular weight excluding hydrogens is 652 g/mol. The molecule has 7 rings (SSSR count). The summed E-state index contributed by atoms with van der Waals surface area (Å²) in [5.41, 5.74) is 1.89. The van der Waals surface area contributed by atoms with Crippen LogP contribution in [0.15, 0.2) is 36.4 Å². The highest BCUT2D eigenvalue weighted by Gasteiger charge is 2.43. The van der Waals surface area contributed by atoms with Crippen molar-refractivity contribution in [1.82, 2.24) is 9.80 Å². The van der Waals surface area contributed by atoms with Crippen molar-refractivity contribution in [2.45, 2.75) is 82.7 Å². The van der Waals surface area contributed by atoms with E-state index in [-0.39, 0.29) is 36.8 Å². The minimum absolute atomic E-state index is 0.0992. The summed E-state index contributed by atoms with van der Waals surface area (Å²) in [5, 5.41) is 0. The van der Waals surface area contributed by atoms with Gasteiger partial charge >= 0.3 is 0 Å². The van der Waals surface area contributed by atoms with Gasteiger partial charge < -0.3 is 38.5 Å². The molecule has 2 saturated heterocycles. The molecule has 0 radical (unpaired) electrons. The first-order chi connectivity index (χ1) is 24.8. The maximum Gasteiger partial charge on any atom is 0.256 e. The predicted octanol–water partition coefficient (Wildman–Crippen LogP) is 5.36. The summed E-state index contributed by atoms with van der Waals surface area (Å²) in [6.07, 6.45) is 13.3. The van der Waals surface area contributed by atoms with Crippen molar-refractivity contribution in [3.05, 3.63) is 47.5 Å². The van der Waals surface area contributed by atoms with E-state index >= 15 is 0 Å². The Kier molecular flexibility index (Phi) is 10.4. The second kappa shape index (κ2) is 15.2. The molecule has 0 spiro atoms. The van der Waals surface area contributed by atoms with E-state index < -0.39 is 12.1 Å². The first-order valence-electron chi connectivity index (χ1n) is 18.5. The van der Waals surface area contributed by atoms with Crippen LogP contribution in [0.5, 0.6) is 23.0 Å². The third kappa shape index (κ3) is 6.97. The highest BCUT2D eigenvalue weighted by Crippen LogP contribution is 2.41. The standard InChI is InChI=1S/C39H48N4O8/c1-40-30-24-34-32(22-26(30)36(44)42-16-11-14-28(42)38(40)46)48-18-9-7-5-3-4-6-8-10-19-49-33-23-27-31(25-35(33)51-21-13-20-50-34)41(2)39(47)29-15-12-17-43(29)37(27)45/h3-4,22-25,28-29H,5-21H2,1-2H3/b4-3+. The Bertz CT molecular complexity index is 1590. The largest absolute Gasteiger partial charge is 0.490 e. The highest BCUT2D eigenvalue weighted by molar-refractivity contribution is 6.12. The number of anilines is 2. The molecule has 12 heteroatoms. The lowest BCUT2D eigenvalue weighted by Crippen LogP contribution is -2.43. The number of benzene rings is 2. The Balaban J connectivity index is 1.13. The van der Waals surface area contributed by atoms with Gasteiger partial charge in [0.15, 0.2) is 23.0 Å². The van der Waals surface area contributed by atoms with Crippen molar-refractivity contribution in [2.24, 2.45) is 0 Å². The van der Waals surface area contributed by atoms with Crippen LogP contribution in [0.4, 0.5) is 11.4 Å². The van der Waals surface area contributed by atoms with E-state index in [0.717, 1.165) is 51.4 Å². The van der Waals surface area contributed by atoms with Gasteiger partial charge in [-0.2, -0.15) is 0 Å². The van der Waals surface area contributed by atoms with E-state index in [2.05, 4.69) is 12.2 Å². The molecule has 51 heavy (non-hydrogen) atoms. The average molecular weight is 701 g/mol. The Morgan fingerprint density at radius 1 is 0.510 bits per heavy atom. The van der Waals surface area contributed by atoms with Crippen molar-refractivity contribution in [3.63, 3.8) is 0 Å². The number of allylic oxidation sites excluding steroid dienone is 2. The zero-order valence-electron chi connectivity index (χ0n) is 29.7. The number of carbonyl (C=O) groups is 4. The van der Waals surface area contributed by atoms with Crippen molar-refractivity contribution in [1.29, 1.82) is 0 Å². The van der Waals surface area contributed by atoms with E-state index in [9.17, 15) is 19.2 Å². The van der Waals surface area contributed by atoms with E-state index in [1.807, 2.05) is 0 Å². The Morgan fingerprint density at radius 3 is 1.33 bits per heavy atom. The van der Waals surface area contributed by atoms with E-state index in [1.54, 1.807) is 58.0 Å². The summed E-state index contributed by atoms with van der Waals surface area (Å²) < 4.78 is 25.0. The molecule has 5 aliphatic rings. The number of carbonyl (C=O) groups excluding carboxylic acids is 4. The normalized spacial score (nSPS) is 24.1. The monoisotopic (exact) mass is 700 g/mol. The smallest absolute Gasteiger partial charge is 0.256 e. The van der Waals surface area contributed by atoms with Crippen LogP contribution in [0.2, 0.25) is 0 Å². The van der Waals surface area contributed by atoms with E-state index in [0.29, 0.717) is 91.1 Å². The lowest BCUT2D eigenvalue weighted by Gasteiger charge is -2.22. The zero-order valence-corrected chi connectivity index (χ0v) is 29.7. The van der Waals surface area contributed by atoms with E-state index in [1.165, 1.54) is 0 Å². The number of hydrogen-bond acceptors (Lipinski definition) is 8. The van der Waals surface area contributed by atoms with Gasteiger partial charge in [0.25, 0.3) is 11.8 Å². The number of hydrogen-bond donors (Lipinski definition) is 0. The molecule has 272 valence electrons. The van der Waals surface area contributed by atoms with Crippen molar-refractivity contribution in [3.8, 4) is 23.0 Å². The molecule has 2 aromatic rings. The van der Waals surface area contributed by atoms with Crippen LogP contribution in [-0.4, -0.2) is 99.1 Å². The quantitative estimate of drug-likeness (QED) is 0.337. The molecular formula is C39H48N4O8. The van der Waals surface area contributed by atoms with Crippen molar-refractivity contribution >= 4 is 35.0 Å². The van der Waals surface area contributed by atoms with Gasteiger partial charge in [-0.15, -0.1) is 0 Å². The minimum Gasteiger partial charge on any atom is -0.490 e. The lowest BCUT2D eigenvalue weighted by atomic mass is 10.1. The molecule has 5 aliphatic heterocycles. The summed E-state index contributed by atoms with van der Waals surface area (Å²) in [6, 6.07) is 6.04. The SMILES string of the molecule is CN1C(=O)C2CCCN2C(=O)c2cc3c(cc21)OCCCOc1cc2c(cc1OCCCC/C=C/CCCCO3)C(=O)N1CCCC1C(=O)N2C. The van der Waals surface area contributed by atoms with Crippen LogP contribution in [0, 0.1) is 0 Å². The fourth-order valence-corrected chi connectivity index (χ4v) is 7.73. The van der Waals surface area contributed by atoms with Gasteiger partial charge in [0.05, 0.1) is 48.9 Å². The van der Waals surface area contributed by atoms with Gasteiger partial charge in [-0.1, -0.05) is 12.2 Å². The fourth-order valence-electron chi connectivity index (χ4n) is 7.73. The molecule has 2 fully saturated rings. The summed E-state index contributed by atoms with van der Waals surface area (Å²) in [5.74, 6) is 1.35. The van der Waals surface area contributed by atoms with Gasteiger partial charge in [0.2, 0.25) is 11.8 Å². The molecule has 0 saturated carbocycles. The van der Waals surface area contributed by atoms with Crippen LogP contribution < -0.4 is 28.7 Å². The first-order valence-corrected chi connectivity index (χ1v) is 18.5. The molecule has 0 aromatic heterocycles. The summed E-state index contributed by atoms with van der Waals surface area (Å²) >= 11 is 0. The van der Waals surface area contributed by atoms with Gasteiger partial charge in [-0.05, 0) is 76.3 Å². The average Bonchev–Trinajstić information content (AvgIpc) is 3.82. The maximum atomic E-state index is 13.7. The highest BCUT2D eigenvalue weighted by atomic mass is 16.5. The van der Waals surface area contributed by atoms with Crippen LogP contribution in [-0.2, 0) is 9.59 Å². The number of nitrogens with zero attached hydrogens (tertiary/aromatic N) is 4. The molecule has 2 atom stereocenters. The zero-order chi connectivity index (χ0) is 35.5. The number of amides is 4. The maximum absolute atomic E-state index is 13.7. The molecule has 2 unspecified atom stereocenters. The Labute approximate surface area is 299 Å². The number of likely N-dealkylation sites (N-methyl/N-ethyl adjacent to an activating group) is 2. The van der Waals surface area contributed by atoms with E-state index in [4.69, 9.17) is 18.9 Å². The number of fused-ring (bicyclic) bond motifs is 6. The molecule has 12 nitrogen and oxygen atoms in total. The Morgan fingerprint density at radius 2 is 0.902 bits per heavy atom. The first kappa shape index (κ1) is 34.7. The molecule has 5 heterocycles. The fraction of sp³-hybridized carbons (Fsp3) is 0.538. The molecule has 0 N–H and O–H groups in total. The molecule has 0 aliphatic carbocycles. The molecule has 0 bridgehead atoms. The van der Waals surface area contributed by atoms with Crippen LogP contribution in [0.3, 0.4) is 0 Å². The van der Waals surface area contributed by atoms with Crippen molar-refractivity contribution in [2.75, 3.05) is 63.4 Å². The van der Waals surface area contributed by atoms with Crippen LogP contribution >= 0.6 is 0 Å². The third-order valence-corrected chi connectivity index (χ3v) is 10.6. The predicted molar refractivity (Wildman–Crippen MR) is 191 cm³/mol. The minimum atomic E-state index is -0.454. The van der Waals surface area contributed by atoms with Gasteiger partial charge in [-0.25, -0.2) is 0 Å². The third-order valence-electron chi connectivity index (χ3n) is 10.6. The topological polar surface area (TPSA) is 118 Å². The lowest BCUT2D eigenvalue weighted by molar-refractivity contribution is -0.122. The molecule has 4 amide bonds. The summed E-state index contributed by atoms with van der Waals surface area (Å²) in [6.45, 7) is 2.60. The number of rotatable bonds is 0. The van der Waals surface area contributed by atoms with Crippen molar-refractivity contribution < 1.29 is 38.1 Å². The van der Waals surface area contributed by atoms with Crippen LogP contribution in [0.25, 0.3) is 0 Å². The second-order valence-electron chi connectivity index (χ2n) is 14.0. The number of ether oxygens (including phenoxy) is 4. The Hall–Kier alpha value is -4.74. The van der Waals surface area contributed by atoms with Gasteiger partial charge in [-0.3, -0.25) is 19.2 Å². The second-order valence-corrected chi connectivity index (χ2v) is 14.0. The summed E-state index contributed by atoms with van der Waals surface area (Å²) in [4.78, 5) is 60.5.